The molecule has 0 fully saturated rings. The first-order chi connectivity index (χ1) is 15.3. The van der Waals surface area contributed by atoms with Crippen molar-refractivity contribution in [1.29, 1.82) is 0 Å². The Morgan fingerprint density at radius 3 is 2.52 bits per heavy atom. The van der Waals surface area contributed by atoms with Crippen molar-refractivity contribution in [3.63, 3.8) is 0 Å². The maximum Gasteiger partial charge on any atom is 0.471 e. The van der Waals surface area contributed by atoms with Crippen molar-refractivity contribution in [2.24, 2.45) is 5.84 Å². The van der Waals surface area contributed by atoms with E-state index in [1.807, 2.05) is 0 Å². The highest BCUT2D eigenvalue weighted by atomic mass is 35.5. The largest absolute Gasteiger partial charge is 0.485 e. The first kappa shape index (κ1) is 25.3. The lowest BCUT2D eigenvalue weighted by molar-refractivity contribution is -0.156. The Kier molecular flexibility index (Phi) is 7.30. The molecule has 1 amide bonds. The third-order valence-corrected chi connectivity index (χ3v) is 5.96. The maximum absolute atomic E-state index is 13.3. The van der Waals surface area contributed by atoms with E-state index in [4.69, 9.17) is 36.7 Å². The molecule has 2 aromatic rings. The lowest BCUT2D eigenvalue weighted by Crippen LogP contribution is -2.57. The number of amides is 1. The van der Waals surface area contributed by atoms with E-state index in [1.165, 1.54) is 19.1 Å². The average Bonchev–Trinajstić information content (AvgIpc) is 2.71. The number of halogens is 1. The van der Waals surface area contributed by atoms with Gasteiger partial charge in [-0.2, -0.15) is 0 Å². The van der Waals surface area contributed by atoms with Crippen molar-refractivity contribution >= 4 is 31.1 Å². The number of nitrogens with two attached hydrogens (primary N) is 1. The first-order valence-corrected chi connectivity index (χ1v) is 11.7. The molecule has 3 rings (SSSR count). The fourth-order valence-corrected chi connectivity index (χ4v) is 4.05. The van der Waals surface area contributed by atoms with Gasteiger partial charge >= 0.3 is 7.82 Å². The van der Waals surface area contributed by atoms with Crippen LogP contribution >= 0.6 is 19.4 Å². The second-order valence-electron chi connectivity index (χ2n) is 7.98. The molecule has 0 spiro atoms. The van der Waals surface area contributed by atoms with E-state index >= 15 is 0 Å². The van der Waals surface area contributed by atoms with Crippen LogP contribution in [0.1, 0.15) is 53.1 Å². The fourth-order valence-electron chi connectivity index (χ4n) is 3.64. The SMILES string of the molecule is CC(=O)c1ccc2c(c1)[C@H](N(N)C(=O)c1ccccc1Cl)[C@H](OCOP(=O)(O)O)C(C)(C)O2. The van der Waals surface area contributed by atoms with Crippen LogP contribution in [0.5, 0.6) is 5.75 Å². The van der Waals surface area contributed by atoms with Gasteiger partial charge in [0.15, 0.2) is 12.6 Å². The third-order valence-electron chi connectivity index (χ3n) is 5.19. The van der Waals surface area contributed by atoms with Gasteiger partial charge < -0.3 is 19.3 Å². The zero-order chi connectivity index (χ0) is 24.6. The number of carbonyl (C=O) groups excluding carboxylic acids is 2. The van der Waals surface area contributed by atoms with Gasteiger partial charge in [-0.3, -0.25) is 19.1 Å². The number of benzene rings is 2. The van der Waals surface area contributed by atoms with Crippen LogP contribution in [-0.2, 0) is 13.8 Å². The highest BCUT2D eigenvalue weighted by Crippen LogP contribution is 2.45. The van der Waals surface area contributed by atoms with E-state index in [0.29, 0.717) is 16.9 Å². The monoisotopic (exact) mass is 498 g/mol. The normalized spacial score (nSPS) is 19.4. The summed E-state index contributed by atoms with van der Waals surface area (Å²) >= 11 is 6.19. The summed E-state index contributed by atoms with van der Waals surface area (Å²) in [5.74, 6) is 5.83. The van der Waals surface area contributed by atoms with E-state index in [1.54, 1.807) is 44.2 Å². The standard InChI is InChI=1S/C21H24ClN2O8P/c1-12(25)13-8-9-17-15(10-13)18(24(23)20(26)14-6-4-5-7-16(14)22)19(21(2,3)32-17)30-11-31-33(27,28)29/h4-10,18-19H,11,23H2,1-3H3,(H2,27,28,29)/t18-,19-/m0/s1. The number of phosphoric acid groups is 1. The van der Waals surface area contributed by atoms with Crippen molar-refractivity contribution in [3.05, 3.63) is 64.2 Å². The lowest BCUT2D eigenvalue weighted by atomic mass is 9.84. The minimum atomic E-state index is -4.82. The number of carbonyl (C=O) groups is 2. The van der Waals surface area contributed by atoms with Gasteiger partial charge in [0.1, 0.15) is 23.5 Å². The van der Waals surface area contributed by atoms with Crippen molar-refractivity contribution in [2.75, 3.05) is 6.79 Å². The molecule has 33 heavy (non-hydrogen) atoms. The van der Waals surface area contributed by atoms with Crippen molar-refractivity contribution in [1.82, 2.24) is 5.01 Å². The van der Waals surface area contributed by atoms with Gasteiger partial charge in [0.2, 0.25) is 0 Å². The average molecular weight is 499 g/mol. The molecule has 1 heterocycles. The molecule has 4 N–H and O–H groups in total. The number of ether oxygens (including phenoxy) is 2. The maximum atomic E-state index is 13.3. The Labute approximate surface area is 195 Å². The Bertz CT molecular complexity index is 1120. The van der Waals surface area contributed by atoms with Crippen LogP contribution in [0.2, 0.25) is 5.02 Å². The van der Waals surface area contributed by atoms with Crippen LogP contribution in [0, 0.1) is 0 Å². The van der Waals surface area contributed by atoms with E-state index in [2.05, 4.69) is 4.52 Å². The predicted molar refractivity (Wildman–Crippen MR) is 119 cm³/mol. The van der Waals surface area contributed by atoms with Gasteiger partial charge in [0.05, 0.1) is 10.6 Å². The Hall–Kier alpha value is -2.30. The molecule has 0 bridgehead atoms. The summed E-state index contributed by atoms with van der Waals surface area (Å²) in [5.41, 5.74) is -0.246. The summed E-state index contributed by atoms with van der Waals surface area (Å²) in [6.45, 7) is 3.92. The molecule has 0 unspecified atom stereocenters. The second-order valence-corrected chi connectivity index (χ2v) is 9.62. The number of fused-ring (bicyclic) bond motifs is 1. The number of nitrogens with zero attached hydrogens (tertiary/aromatic N) is 1. The predicted octanol–water partition coefficient (Wildman–Crippen LogP) is 3.22. The second kappa shape index (κ2) is 9.52. The number of phosphoric ester groups is 1. The Morgan fingerprint density at radius 2 is 1.91 bits per heavy atom. The summed E-state index contributed by atoms with van der Waals surface area (Å²) in [5, 5.41) is 1.10. The number of ketones is 1. The molecule has 1 aliphatic heterocycles. The van der Waals surface area contributed by atoms with Gasteiger partial charge in [-0.25, -0.2) is 10.4 Å². The summed E-state index contributed by atoms with van der Waals surface area (Å²) in [4.78, 5) is 43.3. The van der Waals surface area contributed by atoms with Crippen LogP contribution in [0.25, 0.3) is 0 Å². The van der Waals surface area contributed by atoms with E-state index in [9.17, 15) is 14.2 Å². The zero-order valence-corrected chi connectivity index (χ0v) is 19.7. The fraction of sp³-hybridized carbons (Fsp3) is 0.333. The van der Waals surface area contributed by atoms with E-state index < -0.39 is 38.3 Å². The van der Waals surface area contributed by atoms with Gasteiger partial charge in [-0.05, 0) is 51.1 Å². The van der Waals surface area contributed by atoms with Crippen LogP contribution in [-0.4, -0.2) is 45.0 Å². The van der Waals surface area contributed by atoms with Gasteiger partial charge in [-0.15, -0.1) is 0 Å². The highest BCUT2D eigenvalue weighted by molar-refractivity contribution is 7.46. The quantitative estimate of drug-likeness (QED) is 0.131. The molecule has 12 heteroatoms. The van der Waals surface area contributed by atoms with Gasteiger partial charge in [0, 0.05) is 11.1 Å². The number of hydrogen-bond donors (Lipinski definition) is 3. The highest BCUT2D eigenvalue weighted by Gasteiger charge is 2.48. The molecule has 0 saturated heterocycles. The molecular formula is C21H24ClN2O8P. The summed E-state index contributed by atoms with van der Waals surface area (Å²) in [6, 6.07) is 10.0. The summed E-state index contributed by atoms with van der Waals surface area (Å²) < 4.78 is 27.2. The van der Waals surface area contributed by atoms with Crippen LogP contribution in [0.4, 0.5) is 0 Å². The third kappa shape index (κ3) is 5.62. The van der Waals surface area contributed by atoms with E-state index in [-0.39, 0.29) is 16.4 Å². The van der Waals surface area contributed by atoms with E-state index in [0.717, 1.165) is 5.01 Å². The number of hydrogen-bond acceptors (Lipinski definition) is 7. The van der Waals surface area contributed by atoms with Gasteiger partial charge in [-0.1, -0.05) is 23.7 Å². The minimum absolute atomic E-state index is 0.139. The Morgan fingerprint density at radius 1 is 1.24 bits per heavy atom. The molecule has 1 aliphatic rings. The molecule has 0 aliphatic carbocycles. The van der Waals surface area contributed by atoms with Crippen molar-refractivity contribution in [3.8, 4) is 5.75 Å². The van der Waals surface area contributed by atoms with Crippen LogP contribution < -0.4 is 10.6 Å². The van der Waals surface area contributed by atoms with Crippen LogP contribution in [0.15, 0.2) is 42.5 Å². The van der Waals surface area contributed by atoms with Crippen LogP contribution in [0.3, 0.4) is 0 Å². The summed E-state index contributed by atoms with van der Waals surface area (Å²) in [6.07, 6.45) is -1.05. The summed E-state index contributed by atoms with van der Waals surface area (Å²) in [7, 11) is -4.82. The number of rotatable bonds is 7. The molecule has 0 aromatic heterocycles. The Balaban J connectivity index is 2.09. The molecule has 10 nitrogen and oxygen atoms in total. The number of Topliss-reactive ketones (excluding diaryl/α,β-unsaturated/α-hetero) is 1. The molecular weight excluding hydrogens is 475 g/mol. The molecule has 0 saturated carbocycles. The number of hydrazine groups is 1. The molecule has 2 aromatic carbocycles. The van der Waals surface area contributed by atoms with Crippen molar-refractivity contribution in [2.45, 2.75) is 38.5 Å². The van der Waals surface area contributed by atoms with Crippen molar-refractivity contribution < 1.29 is 37.9 Å². The molecule has 178 valence electrons. The minimum Gasteiger partial charge on any atom is -0.485 e. The molecule has 2 atom stereocenters. The van der Waals surface area contributed by atoms with Gasteiger partial charge in [0.25, 0.3) is 5.91 Å². The smallest absolute Gasteiger partial charge is 0.471 e. The lowest BCUT2D eigenvalue weighted by Gasteiger charge is -2.46. The zero-order valence-electron chi connectivity index (χ0n) is 18.1. The first-order valence-electron chi connectivity index (χ1n) is 9.80. The molecule has 0 radical (unpaired) electrons. The topological polar surface area (TPSA) is 149 Å².